The zero-order valence-corrected chi connectivity index (χ0v) is 21.3. The molecule has 8 nitrogen and oxygen atoms in total. The Balaban J connectivity index is 1.33. The van der Waals surface area contributed by atoms with E-state index in [1.807, 2.05) is 59.3 Å². The zero-order valence-electron chi connectivity index (χ0n) is 19.7. The number of aromatic nitrogens is 2. The number of likely N-dealkylation sites (tertiary alicyclic amines) is 1. The molecule has 0 saturated carbocycles. The lowest BCUT2D eigenvalue weighted by molar-refractivity contribution is -0.124. The number of rotatable bonds is 9. The average molecular weight is 522 g/mol. The molecule has 1 aromatic carbocycles. The van der Waals surface area contributed by atoms with Gasteiger partial charge in [0.05, 0.1) is 10.9 Å². The van der Waals surface area contributed by atoms with Crippen molar-refractivity contribution in [1.29, 1.82) is 0 Å². The Morgan fingerprint density at radius 3 is 2.75 bits per heavy atom. The van der Waals surface area contributed by atoms with Crippen molar-refractivity contribution in [3.8, 4) is 22.7 Å². The van der Waals surface area contributed by atoms with E-state index in [0.29, 0.717) is 41.0 Å². The SMILES string of the molecule is NC(=O)C1CCCCN1CCCN(C(=O)c1cccs1)c1nc(-c2cc(-c3ccccc3)no2)cs1. The van der Waals surface area contributed by atoms with Gasteiger partial charge in [0.1, 0.15) is 11.4 Å². The first kappa shape index (κ1) is 24.4. The summed E-state index contributed by atoms with van der Waals surface area (Å²) < 4.78 is 5.57. The number of carbonyl (C=O) groups excluding carboxylic acids is 2. The van der Waals surface area contributed by atoms with Crippen LogP contribution in [0.2, 0.25) is 0 Å². The molecule has 1 aliphatic rings. The first-order valence-electron chi connectivity index (χ1n) is 12.0. The number of carbonyl (C=O) groups is 2. The molecule has 1 saturated heterocycles. The van der Waals surface area contributed by atoms with Gasteiger partial charge in [0, 0.05) is 30.1 Å². The largest absolute Gasteiger partial charge is 0.368 e. The molecule has 36 heavy (non-hydrogen) atoms. The third kappa shape index (κ3) is 5.40. The lowest BCUT2D eigenvalue weighted by Gasteiger charge is -2.34. The number of nitrogens with two attached hydrogens (primary N) is 1. The summed E-state index contributed by atoms with van der Waals surface area (Å²) in [6.07, 6.45) is 3.57. The summed E-state index contributed by atoms with van der Waals surface area (Å²) >= 11 is 2.81. The maximum absolute atomic E-state index is 13.4. The van der Waals surface area contributed by atoms with Crippen LogP contribution >= 0.6 is 22.7 Å². The van der Waals surface area contributed by atoms with Gasteiger partial charge in [-0.05, 0) is 37.3 Å². The van der Waals surface area contributed by atoms with E-state index in [-0.39, 0.29) is 17.9 Å². The number of anilines is 1. The highest BCUT2D eigenvalue weighted by molar-refractivity contribution is 7.14. The number of hydrogen-bond acceptors (Lipinski definition) is 8. The van der Waals surface area contributed by atoms with Crippen LogP contribution in [-0.2, 0) is 4.79 Å². The van der Waals surface area contributed by atoms with E-state index in [2.05, 4.69) is 10.1 Å². The topological polar surface area (TPSA) is 106 Å². The Morgan fingerprint density at radius 1 is 1.11 bits per heavy atom. The molecular weight excluding hydrogens is 494 g/mol. The molecule has 4 heterocycles. The van der Waals surface area contributed by atoms with Crippen molar-refractivity contribution in [3.63, 3.8) is 0 Å². The van der Waals surface area contributed by atoms with Crippen LogP contribution < -0.4 is 10.6 Å². The zero-order chi connectivity index (χ0) is 24.9. The van der Waals surface area contributed by atoms with Gasteiger partial charge in [0.2, 0.25) is 5.91 Å². The molecule has 3 aromatic heterocycles. The van der Waals surface area contributed by atoms with E-state index in [0.717, 1.165) is 37.1 Å². The quantitative estimate of drug-likeness (QED) is 0.336. The van der Waals surface area contributed by atoms with Gasteiger partial charge in [-0.3, -0.25) is 19.4 Å². The molecule has 10 heteroatoms. The maximum atomic E-state index is 13.4. The van der Waals surface area contributed by atoms with Crippen LogP contribution in [0.1, 0.15) is 35.4 Å². The Hall–Kier alpha value is -3.34. The fourth-order valence-corrected chi connectivity index (χ4v) is 5.98. The average Bonchev–Trinajstić information content (AvgIpc) is 3.68. The fourth-order valence-electron chi connectivity index (χ4n) is 4.47. The van der Waals surface area contributed by atoms with Crippen LogP contribution in [0.3, 0.4) is 0 Å². The molecule has 186 valence electrons. The third-order valence-corrected chi connectivity index (χ3v) is 8.02. The van der Waals surface area contributed by atoms with Crippen LogP contribution in [0.25, 0.3) is 22.7 Å². The van der Waals surface area contributed by atoms with Crippen molar-refractivity contribution in [3.05, 3.63) is 64.2 Å². The predicted molar refractivity (Wildman–Crippen MR) is 142 cm³/mol. The normalized spacial score (nSPS) is 16.2. The van der Waals surface area contributed by atoms with Crippen molar-refractivity contribution in [2.45, 2.75) is 31.7 Å². The highest BCUT2D eigenvalue weighted by Crippen LogP contribution is 2.31. The highest BCUT2D eigenvalue weighted by Gasteiger charge is 2.28. The third-order valence-electron chi connectivity index (χ3n) is 6.30. The summed E-state index contributed by atoms with van der Waals surface area (Å²) in [5.74, 6) is 0.198. The second kappa shape index (κ2) is 11.2. The lowest BCUT2D eigenvalue weighted by Crippen LogP contribution is -2.48. The van der Waals surface area contributed by atoms with Gasteiger partial charge in [-0.1, -0.05) is 48.0 Å². The van der Waals surface area contributed by atoms with Crippen LogP contribution in [-0.4, -0.2) is 52.5 Å². The number of benzene rings is 1. The minimum Gasteiger partial charge on any atom is -0.368 e. The molecule has 1 fully saturated rings. The fraction of sp³-hybridized carbons (Fsp3) is 0.308. The Labute approximate surface area is 217 Å². The smallest absolute Gasteiger partial charge is 0.270 e. The number of nitrogens with zero attached hydrogens (tertiary/aromatic N) is 4. The molecule has 1 unspecified atom stereocenters. The molecule has 0 radical (unpaired) electrons. The molecule has 2 amide bonds. The number of primary amides is 1. The Kier molecular flexibility index (Phi) is 7.55. The van der Waals surface area contributed by atoms with Crippen LogP contribution in [0, 0.1) is 0 Å². The van der Waals surface area contributed by atoms with E-state index in [4.69, 9.17) is 15.2 Å². The standard InChI is InChI=1S/C26H27N5O3S2/c27-24(32)21-10-4-5-12-30(21)13-7-14-31(25(33)23-11-6-15-35-23)26-28-20(17-36-26)22-16-19(29-34-22)18-8-2-1-3-9-18/h1-3,6,8-9,11,15-17,21H,4-5,7,10,12-14H2,(H2,27,32). The Morgan fingerprint density at radius 2 is 1.97 bits per heavy atom. The molecule has 0 spiro atoms. The number of amides is 2. The molecule has 2 N–H and O–H groups in total. The van der Waals surface area contributed by atoms with Gasteiger partial charge >= 0.3 is 0 Å². The van der Waals surface area contributed by atoms with Crippen LogP contribution in [0.15, 0.2) is 63.8 Å². The van der Waals surface area contributed by atoms with Crippen molar-refractivity contribution < 1.29 is 14.1 Å². The molecule has 4 aromatic rings. The molecule has 5 rings (SSSR count). The van der Waals surface area contributed by atoms with Crippen LogP contribution in [0.4, 0.5) is 5.13 Å². The molecule has 0 aliphatic carbocycles. The number of piperidine rings is 1. The summed E-state index contributed by atoms with van der Waals surface area (Å²) in [5.41, 5.74) is 7.96. The Bertz CT molecular complexity index is 1300. The predicted octanol–water partition coefficient (Wildman–Crippen LogP) is 4.90. The molecule has 1 atom stereocenters. The van der Waals surface area contributed by atoms with E-state index in [1.165, 1.54) is 22.7 Å². The summed E-state index contributed by atoms with van der Waals surface area (Å²) in [7, 11) is 0. The van der Waals surface area contributed by atoms with Gasteiger partial charge in [-0.25, -0.2) is 4.98 Å². The van der Waals surface area contributed by atoms with Gasteiger partial charge in [0.25, 0.3) is 5.91 Å². The van der Waals surface area contributed by atoms with E-state index >= 15 is 0 Å². The summed E-state index contributed by atoms with van der Waals surface area (Å²) in [4.78, 5) is 34.5. The number of thiazole rings is 1. The van der Waals surface area contributed by atoms with Crippen LogP contribution in [0.5, 0.6) is 0 Å². The maximum Gasteiger partial charge on any atom is 0.270 e. The first-order valence-corrected chi connectivity index (χ1v) is 13.7. The monoisotopic (exact) mass is 521 g/mol. The molecule has 0 bridgehead atoms. The second-order valence-electron chi connectivity index (χ2n) is 8.70. The molecular formula is C26H27N5O3S2. The summed E-state index contributed by atoms with van der Waals surface area (Å²) in [6.45, 7) is 2.03. The molecule has 1 aliphatic heterocycles. The highest BCUT2D eigenvalue weighted by atomic mass is 32.1. The number of thiophene rings is 1. The number of hydrogen-bond donors (Lipinski definition) is 1. The minimum absolute atomic E-state index is 0.0847. The van der Waals surface area contributed by atoms with Crippen molar-refractivity contribution in [2.75, 3.05) is 24.5 Å². The van der Waals surface area contributed by atoms with Crippen molar-refractivity contribution >= 4 is 39.6 Å². The van der Waals surface area contributed by atoms with Crippen molar-refractivity contribution in [1.82, 2.24) is 15.0 Å². The van der Waals surface area contributed by atoms with Gasteiger partial charge in [-0.2, -0.15) is 0 Å². The summed E-state index contributed by atoms with van der Waals surface area (Å²) in [5, 5.41) is 8.56. The van der Waals surface area contributed by atoms with E-state index in [1.54, 1.807) is 4.90 Å². The first-order chi connectivity index (χ1) is 17.6. The van der Waals surface area contributed by atoms with Gasteiger partial charge < -0.3 is 10.3 Å². The van der Waals surface area contributed by atoms with Gasteiger partial charge in [-0.15, -0.1) is 22.7 Å². The van der Waals surface area contributed by atoms with Crippen molar-refractivity contribution in [2.24, 2.45) is 5.73 Å². The second-order valence-corrected chi connectivity index (χ2v) is 10.5. The minimum atomic E-state index is -0.271. The van der Waals surface area contributed by atoms with Gasteiger partial charge in [0.15, 0.2) is 10.9 Å². The van der Waals surface area contributed by atoms with E-state index in [9.17, 15) is 9.59 Å². The summed E-state index contributed by atoms with van der Waals surface area (Å²) in [6, 6.07) is 15.1. The lowest BCUT2D eigenvalue weighted by atomic mass is 10.0. The van der Waals surface area contributed by atoms with E-state index < -0.39 is 0 Å².